The summed E-state index contributed by atoms with van der Waals surface area (Å²) in [7, 11) is 3.53. The number of rotatable bonds is 4. The maximum Gasteiger partial charge on any atom is 0.265 e. The highest BCUT2D eigenvalue weighted by atomic mass is 16.5. The maximum atomic E-state index is 12.0. The molecule has 1 saturated heterocycles. The van der Waals surface area contributed by atoms with E-state index in [9.17, 15) is 9.59 Å². The van der Waals surface area contributed by atoms with Crippen molar-refractivity contribution in [3.05, 3.63) is 53.6 Å². The third kappa shape index (κ3) is 4.26. The molecule has 30 heavy (non-hydrogen) atoms. The number of nitrogens with one attached hydrogen (secondary N) is 1. The van der Waals surface area contributed by atoms with Gasteiger partial charge in [0, 0.05) is 58.1 Å². The van der Waals surface area contributed by atoms with Crippen LogP contribution < -0.4 is 15.0 Å². The first kappa shape index (κ1) is 20.2. The lowest BCUT2D eigenvalue weighted by molar-refractivity contribution is -0.122. The molecule has 0 spiro atoms. The largest absolute Gasteiger partial charge is 0.479 e. The summed E-state index contributed by atoms with van der Waals surface area (Å²) in [6.07, 6.45) is -0.452. The zero-order valence-electron chi connectivity index (χ0n) is 17.7. The molecule has 2 aromatic carbocycles. The summed E-state index contributed by atoms with van der Waals surface area (Å²) in [5, 5.41) is 2.92. The van der Waals surface area contributed by atoms with E-state index in [1.54, 1.807) is 25.9 Å². The van der Waals surface area contributed by atoms with Crippen LogP contribution in [0.25, 0.3) is 0 Å². The standard InChI is InChI=1S/C23H28N4O3/c1-16-22(28)24-20-14-17(4-9-21(20)30-16)15-26-10-12-27(13-11-26)19-7-5-18(6-8-19)23(29)25(2)3/h4-9,14,16H,10-13,15H2,1-3H3,(H,24,28). The molecule has 1 atom stereocenters. The first-order valence-corrected chi connectivity index (χ1v) is 10.3. The molecule has 158 valence electrons. The van der Waals surface area contributed by atoms with Gasteiger partial charge in [0.2, 0.25) is 0 Å². The molecule has 0 bridgehead atoms. The maximum absolute atomic E-state index is 12.0. The Bertz CT molecular complexity index is 934. The summed E-state index contributed by atoms with van der Waals surface area (Å²) < 4.78 is 5.63. The Kier molecular flexibility index (Phi) is 5.63. The number of anilines is 2. The van der Waals surface area contributed by atoms with Crippen molar-refractivity contribution in [1.29, 1.82) is 0 Å². The van der Waals surface area contributed by atoms with Gasteiger partial charge in [-0.3, -0.25) is 14.5 Å². The lowest BCUT2D eigenvalue weighted by atomic mass is 10.1. The fourth-order valence-electron chi connectivity index (χ4n) is 3.85. The number of carbonyl (C=O) groups is 2. The molecule has 1 unspecified atom stereocenters. The number of ether oxygens (including phenoxy) is 1. The Morgan fingerprint density at radius 2 is 1.80 bits per heavy atom. The second kappa shape index (κ2) is 8.36. The SMILES string of the molecule is CC1Oc2ccc(CN3CCN(c4ccc(C(=O)N(C)C)cc4)CC3)cc2NC1=O. The Morgan fingerprint density at radius 1 is 1.10 bits per heavy atom. The van der Waals surface area contributed by atoms with Crippen molar-refractivity contribution < 1.29 is 14.3 Å². The quantitative estimate of drug-likeness (QED) is 0.842. The average Bonchev–Trinajstić information content (AvgIpc) is 2.75. The Hall–Kier alpha value is -3.06. The molecule has 2 aliphatic rings. The molecule has 0 aromatic heterocycles. The van der Waals surface area contributed by atoms with Crippen molar-refractivity contribution >= 4 is 23.2 Å². The van der Waals surface area contributed by atoms with E-state index in [2.05, 4.69) is 21.2 Å². The molecule has 2 amide bonds. The molecule has 1 N–H and O–H groups in total. The van der Waals surface area contributed by atoms with Crippen molar-refractivity contribution in [3.63, 3.8) is 0 Å². The third-order valence-corrected chi connectivity index (χ3v) is 5.64. The molecular weight excluding hydrogens is 380 g/mol. The number of benzene rings is 2. The van der Waals surface area contributed by atoms with Crippen molar-refractivity contribution in [2.45, 2.75) is 19.6 Å². The van der Waals surface area contributed by atoms with E-state index in [1.165, 1.54) is 0 Å². The van der Waals surface area contributed by atoms with Gasteiger partial charge in [-0.15, -0.1) is 0 Å². The molecule has 0 aliphatic carbocycles. The van der Waals surface area contributed by atoms with Crippen LogP contribution in [0.4, 0.5) is 11.4 Å². The number of piperazine rings is 1. The Morgan fingerprint density at radius 3 is 2.47 bits per heavy atom. The van der Waals surface area contributed by atoms with E-state index in [4.69, 9.17) is 4.74 Å². The van der Waals surface area contributed by atoms with Crippen molar-refractivity contribution in [2.24, 2.45) is 0 Å². The number of nitrogens with zero attached hydrogens (tertiary/aromatic N) is 3. The fourth-order valence-corrected chi connectivity index (χ4v) is 3.85. The van der Waals surface area contributed by atoms with Crippen LogP contribution in [0.5, 0.6) is 5.75 Å². The van der Waals surface area contributed by atoms with Crippen molar-refractivity contribution in [2.75, 3.05) is 50.5 Å². The van der Waals surface area contributed by atoms with Crippen molar-refractivity contribution in [3.8, 4) is 5.75 Å². The van der Waals surface area contributed by atoms with Crippen LogP contribution in [0.2, 0.25) is 0 Å². The van der Waals surface area contributed by atoms with Gasteiger partial charge >= 0.3 is 0 Å². The summed E-state index contributed by atoms with van der Waals surface area (Å²) >= 11 is 0. The molecule has 7 nitrogen and oxygen atoms in total. The van der Waals surface area contributed by atoms with E-state index in [-0.39, 0.29) is 11.8 Å². The van der Waals surface area contributed by atoms with E-state index in [1.807, 2.05) is 36.4 Å². The van der Waals surface area contributed by atoms with Crippen LogP contribution >= 0.6 is 0 Å². The topological polar surface area (TPSA) is 65.1 Å². The number of fused-ring (bicyclic) bond motifs is 1. The normalized spacial score (nSPS) is 19.0. The third-order valence-electron chi connectivity index (χ3n) is 5.64. The highest BCUT2D eigenvalue weighted by Gasteiger charge is 2.24. The van der Waals surface area contributed by atoms with Gasteiger partial charge in [-0.25, -0.2) is 0 Å². The second-order valence-corrected chi connectivity index (χ2v) is 8.09. The summed E-state index contributed by atoms with van der Waals surface area (Å²) in [6, 6.07) is 13.9. The predicted octanol–water partition coefficient (Wildman–Crippen LogP) is 2.43. The van der Waals surface area contributed by atoms with Crippen LogP contribution in [0.3, 0.4) is 0 Å². The van der Waals surface area contributed by atoms with Gasteiger partial charge in [0.1, 0.15) is 5.75 Å². The molecular formula is C23H28N4O3. The summed E-state index contributed by atoms with van der Waals surface area (Å²) in [4.78, 5) is 30.2. The van der Waals surface area contributed by atoms with Gasteiger partial charge in [-0.05, 0) is 48.9 Å². The molecule has 4 rings (SSSR count). The summed E-state index contributed by atoms with van der Waals surface area (Å²) in [5.41, 5.74) is 3.77. The van der Waals surface area contributed by atoms with Gasteiger partial charge < -0.3 is 19.9 Å². The molecule has 2 aromatic rings. The first-order chi connectivity index (χ1) is 14.4. The zero-order valence-corrected chi connectivity index (χ0v) is 17.7. The minimum Gasteiger partial charge on any atom is -0.479 e. The summed E-state index contributed by atoms with van der Waals surface area (Å²) in [5.74, 6) is 0.644. The molecule has 2 heterocycles. The molecule has 1 fully saturated rings. The minimum atomic E-state index is -0.452. The molecule has 7 heteroatoms. The van der Waals surface area contributed by atoms with E-state index in [0.29, 0.717) is 5.56 Å². The number of carbonyl (C=O) groups excluding carboxylic acids is 2. The first-order valence-electron chi connectivity index (χ1n) is 10.3. The predicted molar refractivity (Wildman–Crippen MR) is 117 cm³/mol. The Balaban J connectivity index is 1.33. The van der Waals surface area contributed by atoms with Gasteiger partial charge in [-0.1, -0.05) is 6.07 Å². The average molecular weight is 409 g/mol. The Labute approximate surface area is 177 Å². The van der Waals surface area contributed by atoms with Gasteiger partial charge in [0.15, 0.2) is 6.10 Å². The molecule has 0 saturated carbocycles. The van der Waals surface area contributed by atoms with E-state index >= 15 is 0 Å². The fraction of sp³-hybridized carbons (Fsp3) is 0.391. The zero-order chi connectivity index (χ0) is 21.3. The van der Waals surface area contributed by atoms with Crippen LogP contribution in [0.1, 0.15) is 22.8 Å². The van der Waals surface area contributed by atoms with Crippen LogP contribution in [0.15, 0.2) is 42.5 Å². The number of hydrogen-bond acceptors (Lipinski definition) is 5. The smallest absolute Gasteiger partial charge is 0.265 e. The number of amides is 2. The highest BCUT2D eigenvalue weighted by Crippen LogP contribution is 2.31. The van der Waals surface area contributed by atoms with Crippen LogP contribution in [0, 0.1) is 0 Å². The lowest BCUT2D eigenvalue weighted by Gasteiger charge is -2.36. The summed E-state index contributed by atoms with van der Waals surface area (Å²) in [6.45, 7) is 6.36. The van der Waals surface area contributed by atoms with Gasteiger partial charge in [0.25, 0.3) is 11.8 Å². The monoisotopic (exact) mass is 408 g/mol. The highest BCUT2D eigenvalue weighted by molar-refractivity contribution is 5.97. The van der Waals surface area contributed by atoms with Crippen LogP contribution in [-0.2, 0) is 11.3 Å². The minimum absolute atomic E-state index is 0.0208. The van der Waals surface area contributed by atoms with Crippen molar-refractivity contribution in [1.82, 2.24) is 9.80 Å². The van der Waals surface area contributed by atoms with Gasteiger partial charge in [0.05, 0.1) is 5.69 Å². The lowest BCUT2D eigenvalue weighted by Crippen LogP contribution is -2.46. The second-order valence-electron chi connectivity index (χ2n) is 8.09. The molecule has 2 aliphatic heterocycles. The van der Waals surface area contributed by atoms with E-state index < -0.39 is 6.10 Å². The molecule has 0 radical (unpaired) electrons. The van der Waals surface area contributed by atoms with Crippen LogP contribution in [-0.4, -0.2) is 68.0 Å². The number of hydrogen-bond donors (Lipinski definition) is 1. The van der Waals surface area contributed by atoms with E-state index in [0.717, 1.165) is 55.4 Å². The van der Waals surface area contributed by atoms with Gasteiger partial charge in [-0.2, -0.15) is 0 Å².